The van der Waals surface area contributed by atoms with Gasteiger partial charge in [0, 0.05) is 18.3 Å². The quantitative estimate of drug-likeness (QED) is 0.765. The van der Waals surface area contributed by atoms with Gasteiger partial charge in [0.15, 0.2) is 0 Å². The molecule has 0 spiro atoms. The predicted octanol–water partition coefficient (Wildman–Crippen LogP) is 2.90. The van der Waals surface area contributed by atoms with E-state index in [1.165, 1.54) is 0 Å². The van der Waals surface area contributed by atoms with E-state index in [9.17, 15) is 0 Å². The van der Waals surface area contributed by atoms with Gasteiger partial charge in [-0.15, -0.1) is 0 Å². The van der Waals surface area contributed by atoms with E-state index in [1.54, 1.807) is 6.07 Å². The van der Waals surface area contributed by atoms with Crippen LogP contribution in [0.3, 0.4) is 0 Å². The van der Waals surface area contributed by atoms with E-state index in [2.05, 4.69) is 11.4 Å². The molecule has 4 nitrogen and oxygen atoms in total. The molecule has 2 aromatic rings. The van der Waals surface area contributed by atoms with Crippen molar-refractivity contribution in [2.75, 3.05) is 18.4 Å². The fraction of sp³-hybridized carbons (Fsp3) is 0.235. The smallest absolute Gasteiger partial charge is 0.121 e. The minimum Gasteiger partial charge on any atom is -0.489 e. The predicted molar refractivity (Wildman–Crippen MR) is 84.1 cm³/mol. The lowest BCUT2D eigenvalue weighted by molar-refractivity contribution is 0.306. The standard InChI is InChI=1S/C17H19N3O/c18-8-3-9-20-16-6-2-7-17(11-16)21-13-15-5-1-4-14(10-15)12-19/h1-2,4-7,10-11,20H,3,8-9,13,18H2. The molecule has 4 heteroatoms. The summed E-state index contributed by atoms with van der Waals surface area (Å²) in [5, 5.41) is 12.2. The molecule has 0 saturated carbocycles. The number of rotatable bonds is 7. The van der Waals surface area contributed by atoms with Crippen LogP contribution in [0, 0.1) is 11.3 Å². The SMILES string of the molecule is N#Cc1cccc(COc2cccc(NCCCN)c2)c1. The number of nitrogens with one attached hydrogen (secondary N) is 1. The molecule has 3 N–H and O–H groups in total. The maximum atomic E-state index is 8.88. The zero-order valence-electron chi connectivity index (χ0n) is 11.9. The summed E-state index contributed by atoms with van der Waals surface area (Å²) < 4.78 is 5.76. The van der Waals surface area contributed by atoms with Crippen molar-refractivity contribution in [2.45, 2.75) is 13.0 Å². The number of ether oxygens (including phenoxy) is 1. The van der Waals surface area contributed by atoms with Crippen molar-refractivity contribution in [3.63, 3.8) is 0 Å². The second kappa shape index (κ2) is 7.93. The van der Waals surface area contributed by atoms with Gasteiger partial charge in [-0.2, -0.15) is 5.26 Å². The molecular weight excluding hydrogens is 262 g/mol. The van der Waals surface area contributed by atoms with Gasteiger partial charge in [0.2, 0.25) is 0 Å². The Labute approximate surface area is 125 Å². The van der Waals surface area contributed by atoms with E-state index < -0.39 is 0 Å². The van der Waals surface area contributed by atoms with Crippen molar-refractivity contribution < 1.29 is 4.74 Å². The van der Waals surface area contributed by atoms with Gasteiger partial charge in [-0.25, -0.2) is 0 Å². The van der Waals surface area contributed by atoms with Crippen LogP contribution in [0.1, 0.15) is 17.5 Å². The topological polar surface area (TPSA) is 71.1 Å². The van der Waals surface area contributed by atoms with Gasteiger partial charge in [-0.05, 0) is 42.8 Å². The molecular formula is C17H19N3O. The summed E-state index contributed by atoms with van der Waals surface area (Å²) in [7, 11) is 0. The van der Waals surface area contributed by atoms with Crippen LogP contribution in [0.2, 0.25) is 0 Å². The third-order valence-electron chi connectivity index (χ3n) is 3.01. The molecule has 2 aromatic carbocycles. The van der Waals surface area contributed by atoms with E-state index in [0.717, 1.165) is 30.0 Å². The summed E-state index contributed by atoms with van der Waals surface area (Å²) in [5.41, 5.74) is 8.12. The molecule has 0 aliphatic rings. The summed E-state index contributed by atoms with van der Waals surface area (Å²) in [6.07, 6.45) is 0.937. The molecule has 2 rings (SSSR count). The van der Waals surface area contributed by atoms with E-state index in [-0.39, 0.29) is 0 Å². The highest BCUT2D eigenvalue weighted by Gasteiger charge is 1.99. The van der Waals surface area contributed by atoms with Gasteiger partial charge in [0.1, 0.15) is 12.4 Å². The van der Waals surface area contributed by atoms with Crippen LogP contribution >= 0.6 is 0 Å². The van der Waals surface area contributed by atoms with Gasteiger partial charge < -0.3 is 15.8 Å². The summed E-state index contributed by atoms with van der Waals surface area (Å²) in [5.74, 6) is 0.801. The zero-order valence-corrected chi connectivity index (χ0v) is 11.9. The average molecular weight is 281 g/mol. The Balaban J connectivity index is 1.93. The maximum absolute atomic E-state index is 8.88. The van der Waals surface area contributed by atoms with Gasteiger partial charge >= 0.3 is 0 Å². The van der Waals surface area contributed by atoms with Crippen molar-refractivity contribution in [3.05, 3.63) is 59.7 Å². The van der Waals surface area contributed by atoms with Gasteiger partial charge in [-0.1, -0.05) is 18.2 Å². The van der Waals surface area contributed by atoms with Crippen molar-refractivity contribution in [1.29, 1.82) is 5.26 Å². The van der Waals surface area contributed by atoms with Crippen LogP contribution < -0.4 is 15.8 Å². The van der Waals surface area contributed by atoms with Crippen molar-refractivity contribution >= 4 is 5.69 Å². The van der Waals surface area contributed by atoms with E-state index in [4.69, 9.17) is 15.7 Å². The molecule has 0 aliphatic heterocycles. The number of benzene rings is 2. The third-order valence-corrected chi connectivity index (χ3v) is 3.01. The van der Waals surface area contributed by atoms with Crippen LogP contribution in [-0.2, 0) is 6.61 Å². The van der Waals surface area contributed by atoms with Gasteiger partial charge in [0.25, 0.3) is 0 Å². The molecule has 0 aromatic heterocycles. The minimum atomic E-state index is 0.446. The molecule has 0 bridgehead atoms. The zero-order chi connectivity index (χ0) is 14.9. The second-order valence-corrected chi connectivity index (χ2v) is 4.70. The number of nitrogens with two attached hydrogens (primary N) is 1. The van der Waals surface area contributed by atoms with Gasteiger partial charge in [0.05, 0.1) is 11.6 Å². The highest BCUT2D eigenvalue weighted by atomic mass is 16.5. The maximum Gasteiger partial charge on any atom is 0.121 e. The normalized spacial score (nSPS) is 9.90. The highest BCUT2D eigenvalue weighted by Crippen LogP contribution is 2.18. The number of hydrogen-bond donors (Lipinski definition) is 2. The van der Waals surface area contributed by atoms with Crippen molar-refractivity contribution in [2.24, 2.45) is 5.73 Å². The Morgan fingerprint density at radius 2 is 2.00 bits per heavy atom. The molecule has 0 unspecified atom stereocenters. The highest BCUT2D eigenvalue weighted by molar-refractivity contribution is 5.48. The van der Waals surface area contributed by atoms with E-state index in [1.807, 2.05) is 42.5 Å². The van der Waals surface area contributed by atoms with Crippen molar-refractivity contribution in [3.8, 4) is 11.8 Å². The number of nitriles is 1. The first kappa shape index (κ1) is 14.9. The Bertz CT molecular complexity index is 619. The summed E-state index contributed by atoms with van der Waals surface area (Å²) in [4.78, 5) is 0. The lowest BCUT2D eigenvalue weighted by Crippen LogP contribution is -2.08. The summed E-state index contributed by atoms with van der Waals surface area (Å²) in [6.45, 7) is 1.98. The fourth-order valence-corrected chi connectivity index (χ4v) is 1.93. The Hall–Kier alpha value is -2.51. The number of anilines is 1. The average Bonchev–Trinajstić information content (AvgIpc) is 2.54. The largest absolute Gasteiger partial charge is 0.489 e. The van der Waals surface area contributed by atoms with E-state index in [0.29, 0.717) is 18.7 Å². The molecule has 0 heterocycles. The summed E-state index contributed by atoms with van der Waals surface area (Å²) >= 11 is 0. The van der Waals surface area contributed by atoms with Gasteiger partial charge in [-0.3, -0.25) is 0 Å². The number of hydrogen-bond acceptors (Lipinski definition) is 4. The molecule has 108 valence electrons. The summed E-state index contributed by atoms with van der Waals surface area (Å²) in [6, 6.07) is 17.4. The first-order valence-electron chi connectivity index (χ1n) is 6.97. The Kier molecular flexibility index (Phi) is 5.62. The molecule has 0 fully saturated rings. The molecule has 0 saturated heterocycles. The third kappa shape index (κ3) is 4.83. The lowest BCUT2D eigenvalue weighted by Gasteiger charge is -2.10. The van der Waals surface area contributed by atoms with Crippen LogP contribution in [0.25, 0.3) is 0 Å². The fourth-order valence-electron chi connectivity index (χ4n) is 1.93. The molecule has 0 radical (unpaired) electrons. The monoisotopic (exact) mass is 281 g/mol. The van der Waals surface area contributed by atoms with Crippen LogP contribution in [0.5, 0.6) is 5.75 Å². The van der Waals surface area contributed by atoms with Crippen LogP contribution in [-0.4, -0.2) is 13.1 Å². The number of nitrogens with zero attached hydrogens (tertiary/aromatic N) is 1. The lowest BCUT2D eigenvalue weighted by atomic mass is 10.1. The molecule has 0 atom stereocenters. The molecule has 21 heavy (non-hydrogen) atoms. The van der Waals surface area contributed by atoms with Crippen LogP contribution in [0.15, 0.2) is 48.5 Å². The van der Waals surface area contributed by atoms with Crippen LogP contribution in [0.4, 0.5) is 5.69 Å². The van der Waals surface area contributed by atoms with E-state index >= 15 is 0 Å². The van der Waals surface area contributed by atoms with Crippen molar-refractivity contribution in [1.82, 2.24) is 0 Å². The first-order valence-corrected chi connectivity index (χ1v) is 6.97. The second-order valence-electron chi connectivity index (χ2n) is 4.70. The minimum absolute atomic E-state index is 0.446. The molecule has 0 aliphatic carbocycles. The Morgan fingerprint density at radius 1 is 1.14 bits per heavy atom. The molecule has 0 amide bonds. The first-order chi connectivity index (χ1) is 10.3. The Morgan fingerprint density at radius 3 is 2.81 bits per heavy atom.